The molecular weight excluding hydrogens is 591 g/mol. The molecule has 0 unspecified atom stereocenters. The van der Waals surface area contributed by atoms with Gasteiger partial charge in [-0.3, -0.25) is 4.79 Å². The van der Waals surface area contributed by atoms with E-state index in [9.17, 15) is 36.3 Å². The van der Waals surface area contributed by atoms with Crippen LogP contribution in [0.4, 0.5) is 33.3 Å². The highest BCUT2D eigenvalue weighted by atomic mass is 19.4. The number of ether oxygens (including phenoxy) is 1. The summed E-state index contributed by atoms with van der Waals surface area (Å²) in [6, 6.07) is 14.3. The minimum atomic E-state index is -5.13. The first-order valence-corrected chi connectivity index (χ1v) is 12.8. The maximum atomic E-state index is 12.9. The Morgan fingerprint density at radius 3 is 1.73 bits per heavy atom. The van der Waals surface area contributed by atoms with Gasteiger partial charge in [0.15, 0.2) is 11.4 Å². The molecule has 0 aliphatic rings. The first-order valence-electron chi connectivity index (χ1n) is 12.8. The number of nitrogens with one attached hydrogen (secondary N) is 1. The van der Waals surface area contributed by atoms with E-state index in [-0.39, 0.29) is 30.2 Å². The van der Waals surface area contributed by atoms with Crippen molar-refractivity contribution in [1.29, 1.82) is 0 Å². The molecule has 14 heteroatoms. The number of aromatic carboxylic acids is 1. The Hall–Kier alpha value is -5.40. The molecule has 0 fully saturated rings. The number of carbonyl (C=O) groups is 3. The Morgan fingerprint density at radius 2 is 1.30 bits per heavy atom. The van der Waals surface area contributed by atoms with Crippen molar-refractivity contribution >= 4 is 29.2 Å². The van der Waals surface area contributed by atoms with Crippen molar-refractivity contribution in [2.45, 2.75) is 25.9 Å². The lowest BCUT2D eigenvalue weighted by Crippen LogP contribution is -2.31. The molecule has 0 spiro atoms. The number of hydrogen-bond donors (Lipinski definition) is 3. The first kappa shape index (κ1) is 33.1. The van der Waals surface area contributed by atoms with Crippen molar-refractivity contribution < 1.29 is 46.2 Å². The lowest BCUT2D eigenvalue weighted by Gasteiger charge is -2.13. The van der Waals surface area contributed by atoms with Gasteiger partial charge in [-0.1, -0.05) is 24.3 Å². The number of aromatic nitrogens is 2. The third kappa shape index (κ3) is 9.58. The highest BCUT2D eigenvalue weighted by Gasteiger charge is 2.39. The number of hydrogen-bond acceptors (Lipinski definition) is 7. The van der Waals surface area contributed by atoms with Crippen molar-refractivity contribution in [2.24, 2.45) is 0 Å². The first-order chi connectivity index (χ1) is 20.8. The van der Waals surface area contributed by atoms with Crippen molar-refractivity contribution in [3.8, 4) is 0 Å². The third-order valence-electron chi connectivity index (χ3n) is 5.74. The normalized spacial score (nSPS) is 10.8. The number of benzene rings is 2. The molecule has 0 bridgehead atoms. The quantitative estimate of drug-likeness (QED) is 0.172. The van der Waals surface area contributed by atoms with Crippen LogP contribution in [0, 0.1) is 11.6 Å². The summed E-state index contributed by atoms with van der Waals surface area (Å²) in [5.41, 5.74) is 7.49. The van der Waals surface area contributed by atoms with Gasteiger partial charge in [0.05, 0.1) is 18.0 Å². The number of carboxylic acid groups (broad SMARTS) is 1. The molecule has 0 saturated carbocycles. The van der Waals surface area contributed by atoms with Gasteiger partial charge >= 0.3 is 24.0 Å². The van der Waals surface area contributed by atoms with Crippen LogP contribution in [0.2, 0.25) is 0 Å². The highest BCUT2D eigenvalue weighted by molar-refractivity contribution is 6.01. The molecule has 0 aliphatic carbocycles. The van der Waals surface area contributed by atoms with Crippen molar-refractivity contribution in [3.63, 3.8) is 0 Å². The number of rotatable bonds is 8. The van der Waals surface area contributed by atoms with E-state index in [4.69, 9.17) is 15.6 Å². The molecule has 4 N–H and O–H groups in total. The zero-order valence-electron chi connectivity index (χ0n) is 23.0. The summed E-state index contributed by atoms with van der Waals surface area (Å²) in [7, 11) is 0. The molecular formula is C30H25F5N4O5. The molecule has 0 radical (unpaired) electrons. The Morgan fingerprint density at radius 1 is 0.818 bits per heavy atom. The fraction of sp³-hybridized carbons (Fsp3) is 0.167. The molecule has 4 aromatic rings. The van der Waals surface area contributed by atoms with Crippen LogP contribution in [0.5, 0.6) is 0 Å². The molecule has 2 aromatic carbocycles. The van der Waals surface area contributed by atoms with E-state index in [1.165, 1.54) is 61.8 Å². The van der Waals surface area contributed by atoms with Gasteiger partial charge in [-0.15, -0.1) is 0 Å². The van der Waals surface area contributed by atoms with Gasteiger partial charge in [0, 0.05) is 12.4 Å². The molecule has 2 aromatic heterocycles. The van der Waals surface area contributed by atoms with Gasteiger partial charge in [-0.05, 0) is 78.4 Å². The van der Waals surface area contributed by atoms with Crippen molar-refractivity contribution in [3.05, 3.63) is 118 Å². The fourth-order valence-corrected chi connectivity index (χ4v) is 3.73. The van der Waals surface area contributed by atoms with Gasteiger partial charge < -0.3 is 20.9 Å². The number of carbonyl (C=O) groups excluding carboxylic acids is 2. The number of anilines is 2. The van der Waals surface area contributed by atoms with Crippen molar-refractivity contribution in [1.82, 2.24) is 9.97 Å². The molecule has 0 aliphatic heterocycles. The summed E-state index contributed by atoms with van der Waals surface area (Å²) in [4.78, 5) is 41.4. The summed E-state index contributed by atoms with van der Waals surface area (Å²) in [5, 5.41) is 10.4. The highest BCUT2D eigenvalue weighted by Crippen LogP contribution is 2.23. The molecule has 2 heterocycles. The average Bonchev–Trinajstić information content (AvgIpc) is 2.95. The second kappa shape index (κ2) is 14.7. The van der Waals surface area contributed by atoms with E-state index < -0.39 is 41.2 Å². The van der Waals surface area contributed by atoms with E-state index in [2.05, 4.69) is 9.97 Å². The van der Waals surface area contributed by atoms with Crippen LogP contribution in [-0.4, -0.2) is 45.7 Å². The Balaban J connectivity index is 0.000000257. The number of nitrogens with two attached hydrogens (primary N) is 1. The zero-order chi connectivity index (χ0) is 32.4. The van der Waals surface area contributed by atoms with Crippen LogP contribution in [0.15, 0.2) is 73.1 Å². The van der Waals surface area contributed by atoms with Crippen LogP contribution >= 0.6 is 0 Å². The predicted octanol–water partition coefficient (Wildman–Crippen LogP) is 5.58. The van der Waals surface area contributed by atoms with Gasteiger partial charge in [-0.2, -0.15) is 13.2 Å². The zero-order valence-corrected chi connectivity index (χ0v) is 23.0. The standard InChI is InChI=1S/C17H14F4N2O3.C13H11FN2O2/c1-2-26-15(24)14-13(23-16(25)17(19,20)21)8-11(9-22-14)7-10-3-5-12(18)6-4-10;14-10-3-1-8(2-4-10)5-9-6-11(15)12(13(17)18)16-7-9/h3-6,8-9H,2,7H2,1H3,(H,23,25);1-4,6-7H,5,15H2,(H,17,18). The Labute approximate surface area is 247 Å². The SMILES string of the molecule is CCOC(=O)c1ncc(Cc2ccc(F)cc2)cc1NC(=O)C(F)(F)F.Nc1cc(Cc2ccc(F)cc2)cnc1C(=O)O. The number of nitrogen functional groups attached to an aromatic ring is 1. The fourth-order valence-electron chi connectivity index (χ4n) is 3.73. The van der Waals surface area contributed by atoms with E-state index in [0.29, 0.717) is 17.5 Å². The van der Waals surface area contributed by atoms with Crippen LogP contribution in [0.3, 0.4) is 0 Å². The van der Waals surface area contributed by atoms with E-state index in [1.807, 2.05) is 0 Å². The summed E-state index contributed by atoms with van der Waals surface area (Å²) < 4.78 is 68.0. The Bertz CT molecular complexity index is 1630. The smallest absolute Gasteiger partial charge is 0.471 e. The molecule has 9 nitrogen and oxygen atoms in total. The number of esters is 1. The molecule has 1 amide bonds. The summed E-state index contributed by atoms with van der Waals surface area (Å²) in [5.74, 6) is -5.07. The second-order valence-electron chi connectivity index (χ2n) is 9.11. The number of alkyl halides is 3. The van der Waals surface area contributed by atoms with Crippen LogP contribution < -0.4 is 11.1 Å². The number of halogens is 5. The molecule has 0 saturated heterocycles. The number of nitrogens with zero attached hydrogens (tertiary/aromatic N) is 2. The molecule has 4 rings (SSSR count). The maximum Gasteiger partial charge on any atom is 0.471 e. The predicted molar refractivity (Wildman–Crippen MR) is 149 cm³/mol. The second-order valence-corrected chi connectivity index (χ2v) is 9.11. The Kier molecular flexibility index (Phi) is 11.0. The lowest BCUT2D eigenvalue weighted by atomic mass is 10.1. The van der Waals surface area contributed by atoms with E-state index in [0.717, 1.165) is 11.1 Å². The summed E-state index contributed by atoms with van der Waals surface area (Å²) >= 11 is 0. The van der Waals surface area contributed by atoms with Gasteiger partial charge in [0.25, 0.3) is 0 Å². The van der Waals surface area contributed by atoms with Crippen LogP contribution in [0.25, 0.3) is 0 Å². The van der Waals surface area contributed by atoms with Gasteiger partial charge in [-0.25, -0.2) is 28.3 Å². The summed E-state index contributed by atoms with van der Waals surface area (Å²) in [6.45, 7) is 1.51. The monoisotopic (exact) mass is 616 g/mol. The number of pyridine rings is 2. The van der Waals surface area contributed by atoms with Gasteiger partial charge in [0.1, 0.15) is 11.6 Å². The molecule has 0 atom stereocenters. The molecule has 230 valence electrons. The maximum absolute atomic E-state index is 12.9. The van der Waals surface area contributed by atoms with Crippen LogP contribution in [0.1, 0.15) is 50.2 Å². The minimum Gasteiger partial charge on any atom is -0.476 e. The van der Waals surface area contributed by atoms with Crippen LogP contribution in [-0.2, 0) is 22.4 Å². The topological polar surface area (TPSA) is 144 Å². The van der Waals surface area contributed by atoms with E-state index >= 15 is 0 Å². The average molecular weight is 617 g/mol. The van der Waals surface area contributed by atoms with Crippen molar-refractivity contribution in [2.75, 3.05) is 17.7 Å². The number of amides is 1. The third-order valence-corrected chi connectivity index (χ3v) is 5.74. The lowest BCUT2D eigenvalue weighted by molar-refractivity contribution is -0.167. The molecule has 44 heavy (non-hydrogen) atoms. The largest absolute Gasteiger partial charge is 0.476 e. The number of carboxylic acids is 1. The van der Waals surface area contributed by atoms with Gasteiger partial charge in [0.2, 0.25) is 0 Å². The summed E-state index contributed by atoms with van der Waals surface area (Å²) in [6.07, 6.45) is -1.65. The van der Waals surface area contributed by atoms with E-state index in [1.54, 1.807) is 23.5 Å². The minimum absolute atomic E-state index is 0.00942.